The molecule has 8 heavy (non-hydrogen) atoms. The largest absolute Gasteiger partial charge is 0.438 e. The quantitative estimate of drug-likeness (QED) is 0.349. The maximum absolute atomic E-state index is 10.00. The van der Waals surface area contributed by atoms with Crippen LogP contribution in [-0.2, 0) is 4.57 Å². The van der Waals surface area contributed by atoms with Crippen LogP contribution in [0.5, 0.6) is 0 Å². The van der Waals surface area contributed by atoms with Crippen molar-refractivity contribution in [3.63, 3.8) is 0 Å². The van der Waals surface area contributed by atoms with Crippen molar-refractivity contribution in [1.82, 2.24) is 0 Å². The normalized spacial score (nSPS) is 13.4. The van der Waals surface area contributed by atoms with Crippen LogP contribution in [0.3, 0.4) is 0 Å². The summed E-state index contributed by atoms with van der Waals surface area (Å²) in [5.41, 5.74) is 0. The van der Waals surface area contributed by atoms with E-state index in [1.807, 2.05) is 0 Å². The Bertz CT molecular complexity index is 98.2. The van der Waals surface area contributed by atoms with E-state index >= 15 is 0 Å². The van der Waals surface area contributed by atoms with E-state index in [0.717, 1.165) is 0 Å². The Hall–Kier alpha value is 0.327. The fraction of sp³-hybridized carbons (Fsp3) is 1.00. The lowest BCUT2D eigenvalue weighted by Gasteiger charge is -1.98. The van der Waals surface area contributed by atoms with Crippen LogP contribution in [0, 0.1) is 0 Å². The van der Waals surface area contributed by atoms with Gasteiger partial charge in [0.15, 0.2) is 9.76 Å². The van der Waals surface area contributed by atoms with Crippen molar-refractivity contribution < 1.29 is 19.1 Å². The second-order valence-corrected chi connectivity index (χ2v) is 4.40. The second-order valence-electron chi connectivity index (χ2n) is 1.47. The highest BCUT2D eigenvalue weighted by molar-refractivity contribution is 7.51. The molecular weight excluding hydrogens is 147 g/mol. The first-order chi connectivity index (χ1) is 3.56. The summed E-state index contributed by atoms with van der Waals surface area (Å²) < 4.78 is 10.00. The van der Waals surface area contributed by atoms with Gasteiger partial charge >= 0.3 is 7.60 Å². The predicted octanol–water partition coefficient (Wildman–Crippen LogP) is -1.34. The van der Waals surface area contributed by atoms with Crippen LogP contribution in [0.4, 0.5) is 0 Å². The molecule has 0 heterocycles. The van der Waals surface area contributed by atoms with Crippen LogP contribution in [-0.4, -0.2) is 30.5 Å². The average Bonchev–Trinajstić information content (AvgIpc) is 1.59. The Kier molecular flexibility index (Phi) is 3.51. The summed E-state index contributed by atoms with van der Waals surface area (Å²) >= 11 is 0. The van der Waals surface area contributed by atoms with Crippen molar-refractivity contribution >= 4 is 17.4 Å². The molecule has 0 aliphatic heterocycles. The number of hydrogen-bond donors (Lipinski definition) is 3. The van der Waals surface area contributed by atoms with E-state index in [4.69, 9.17) is 14.6 Å². The highest BCUT2D eigenvalue weighted by Gasteiger charge is 2.10. The summed E-state index contributed by atoms with van der Waals surface area (Å²) in [6.07, 6.45) is -0.157. The molecule has 0 aromatic rings. The molecule has 0 unspecified atom stereocenters. The van der Waals surface area contributed by atoms with Gasteiger partial charge in [-0.05, 0) is 6.04 Å². The minimum atomic E-state index is -3.81. The summed E-state index contributed by atoms with van der Waals surface area (Å²) in [6.45, 7) is 0. The Morgan fingerprint density at radius 3 is 2.12 bits per heavy atom. The van der Waals surface area contributed by atoms with E-state index in [-0.39, 0.29) is 6.16 Å². The smallest absolute Gasteiger partial charge is 0.325 e. The van der Waals surface area contributed by atoms with Gasteiger partial charge in [0, 0.05) is 6.16 Å². The summed E-state index contributed by atoms with van der Waals surface area (Å²) in [5.74, 6) is 0. The lowest BCUT2D eigenvalue weighted by atomic mass is 11.0. The molecule has 0 bridgehead atoms. The van der Waals surface area contributed by atoms with Gasteiger partial charge in [-0.1, -0.05) is 0 Å². The zero-order valence-electron chi connectivity index (χ0n) is 4.32. The van der Waals surface area contributed by atoms with Crippen molar-refractivity contribution in [3.8, 4) is 0 Å². The van der Waals surface area contributed by atoms with Gasteiger partial charge in [-0.25, -0.2) is 0 Å². The number of rotatable bonds is 3. The van der Waals surface area contributed by atoms with Crippen LogP contribution in [0.15, 0.2) is 0 Å². The molecular formula is C2H9O4PSi. The van der Waals surface area contributed by atoms with Gasteiger partial charge < -0.3 is 14.6 Å². The predicted molar refractivity (Wildman–Crippen MR) is 32.5 cm³/mol. The molecule has 0 saturated heterocycles. The maximum Gasteiger partial charge on any atom is 0.325 e. The highest BCUT2D eigenvalue weighted by Crippen LogP contribution is 2.34. The van der Waals surface area contributed by atoms with E-state index < -0.39 is 17.4 Å². The molecule has 0 fully saturated rings. The molecule has 0 aliphatic rings. The van der Waals surface area contributed by atoms with Crippen LogP contribution in [0.25, 0.3) is 0 Å². The zero-order valence-corrected chi connectivity index (χ0v) is 6.63. The number of hydrogen-bond acceptors (Lipinski definition) is 2. The summed E-state index contributed by atoms with van der Waals surface area (Å²) in [5, 5.41) is 0. The van der Waals surface area contributed by atoms with Gasteiger partial charge in [0.1, 0.15) is 0 Å². The van der Waals surface area contributed by atoms with Gasteiger partial charge in [-0.3, -0.25) is 4.57 Å². The molecule has 0 radical (unpaired) electrons. The average molecular weight is 156 g/mol. The fourth-order valence-corrected chi connectivity index (χ4v) is 2.49. The maximum atomic E-state index is 10.00. The first kappa shape index (κ1) is 8.33. The molecule has 0 aromatic carbocycles. The van der Waals surface area contributed by atoms with Gasteiger partial charge in [-0.15, -0.1) is 0 Å². The Morgan fingerprint density at radius 2 is 2.00 bits per heavy atom. The third-order valence-corrected chi connectivity index (χ3v) is 2.77. The van der Waals surface area contributed by atoms with Crippen LogP contribution in [0.1, 0.15) is 0 Å². The molecule has 3 N–H and O–H groups in total. The molecule has 6 heteroatoms. The van der Waals surface area contributed by atoms with E-state index in [0.29, 0.717) is 6.04 Å². The fourth-order valence-electron chi connectivity index (χ4n) is 0.277. The molecule has 0 amide bonds. The van der Waals surface area contributed by atoms with E-state index in [2.05, 4.69) is 0 Å². The van der Waals surface area contributed by atoms with Crippen LogP contribution < -0.4 is 0 Å². The minimum Gasteiger partial charge on any atom is -0.438 e. The molecule has 0 atom stereocenters. The van der Waals surface area contributed by atoms with Gasteiger partial charge in [0.25, 0.3) is 0 Å². The van der Waals surface area contributed by atoms with Crippen LogP contribution >= 0.6 is 7.60 Å². The summed E-state index contributed by atoms with van der Waals surface area (Å²) in [7, 11) is -4.97. The zero-order chi connectivity index (χ0) is 6.62. The summed E-state index contributed by atoms with van der Waals surface area (Å²) in [4.78, 5) is 24.6. The van der Waals surface area contributed by atoms with E-state index in [1.54, 1.807) is 0 Å². The summed E-state index contributed by atoms with van der Waals surface area (Å²) in [6, 6.07) is 0.310. The molecule has 0 saturated carbocycles. The van der Waals surface area contributed by atoms with E-state index in [1.165, 1.54) is 0 Å². The van der Waals surface area contributed by atoms with Crippen molar-refractivity contribution in [2.24, 2.45) is 0 Å². The Labute approximate surface area is 49.6 Å². The van der Waals surface area contributed by atoms with Gasteiger partial charge in [0.2, 0.25) is 0 Å². The molecule has 0 aliphatic carbocycles. The van der Waals surface area contributed by atoms with Crippen molar-refractivity contribution in [2.45, 2.75) is 6.04 Å². The van der Waals surface area contributed by atoms with Crippen molar-refractivity contribution in [1.29, 1.82) is 0 Å². The van der Waals surface area contributed by atoms with Gasteiger partial charge in [-0.2, -0.15) is 0 Å². The van der Waals surface area contributed by atoms with Gasteiger partial charge in [0.05, 0.1) is 0 Å². The third-order valence-electron chi connectivity index (χ3n) is 0.608. The third kappa shape index (κ3) is 6.33. The molecule has 50 valence electrons. The molecule has 0 spiro atoms. The minimum absolute atomic E-state index is 0.157. The van der Waals surface area contributed by atoms with Crippen molar-refractivity contribution in [2.75, 3.05) is 6.16 Å². The topological polar surface area (TPSA) is 77.8 Å². The Balaban J connectivity index is 3.26. The first-order valence-electron chi connectivity index (χ1n) is 2.22. The molecule has 0 aromatic heterocycles. The first-order valence-corrected chi connectivity index (χ1v) is 5.65. The standard InChI is InChI=1S/C2H9O4PSi/c3-7(4,5)1-2-8-6/h6H,1-2,8H2,(H2,3,4,5). The van der Waals surface area contributed by atoms with Crippen molar-refractivity contribution in [3.05, 3.63) is 0 Å². The molecule has 0 rings (SSSR count). The van der Waals surface area contributed by atoms with E-state index in [9.17, 15) is 4.57 Å². The Morgan fingerprint density at radius 1 is 1.50 bits per heavy atom. The highest BCUT2D eigenvalue weighted by atomic mass is 31.2. The SMILES string of the molecule is O=P(O)(O)CC[SiH2]O. The van der Waals surface area contributed by atoms with Crippen LogP contribution in [0.2, 0.25) is 6.04 Å². The monoisotopic (exact) mass is 156 g/mol. The molecule has 4 nitrogen and oxygen atoms in total. The second kappa shape index (κ2) is 3.37. The lowest BCUT2D eigenvalue weighted by Crippen LogP contribution is -1.92. The lowest BCUT2D eigenvalue weighted by molar-refractivity contribution is 0.374.